The molecule has 1 aromatic rings. The van der Waals surface area contributed by atoms with E-state index in [-0.39, 0.29) is 6.04 Å². The lowest BCUT2D eigenvalue weighted by Crippen LogP contribution is -2.49. The number of quaternary nitrogens is 1. The summed E-state index contributed by atoms with van der Waals surface area (Å²) in [6, 6.07) is 7.27. The third-order valence-electron chi connectivity index (χ3n) is 3.65. The molecule has 2 unspecified atom stereocenters. The van der Waals surface area contributed by atoms with Gasteiger partial charge in [-0.05, 0) is 24.1 Å². The largest absolute Gasteiger partial charge is 0.378 e. The van der Waals surface area contributed by atoms with Crippen molar-refractivity contribution in [2.24, 2.45) is 0 Å². The van der Waals surface area contributed by atoms with Gasteiger partial charge in [0.1, 0.15) is 19.2 Å². The summed E-state index contributed by atoms with van der Waals surface area (Å²) in [5.41, 5.74) is 1.48. The second-order valence-electron chi connectivity index (χ2n) is 5.78. The Labute approximate surface area is 139 Å². The number of anilines is 1. The lowest BCUT2D eigenvalue weighted by atomic mass is 10.0. The van der Waals surface area contributed by atoms with Crippen LogP contribution in [0.2, 0.25) is 0 Å². The summed E-state index contributed by atoms with van der Waals surface area (Å²) in [4.78, 5) is 0. The number of nitrogens with one attached hydrogen (secondary N) is 1. The first-order chi connectivity index (χ1) is 10.8. The SMILES string of the molecule is C#CC[N+](C)(CC=C)C(COC)c1cccc(NS(C)(=O)=O)c1. The molecule has 0 aliphatic carbocycles. The Balaban J connectivity index is 3.26. The fourth-order valence-electron chi connectivity index (χ4n) is 2.62. The minimum absolute atomic E-state index is 0.0321. The van der Waals surface area contributed by atoms with E-state index in [2.05, 4.69) is 17.2 Å². The van der Waals surface area contributed by atoms with Gasteiger partial charge in [0.2, 0.25) is 10.0 Å². The highest BCUT2D eigenvalue weighted by atomic mass is 32.2. The Morgan fingerprint density at radius 3 is 2.74 bits per heavy atom. The minimum atomic E-state index is -3.32. The van der Waals surface area contributed by atoms with Gasteiger partial charge in [0.15, 0.2) is 0 Å². The van der Waals surface area contributed by atoms with E-state index in [1.54, 1.807) is 13.2 Å². The first-order valence-electron chi connectivity index (χ1n) is 7.21. The van der Waals surface area contributed by atoms with Gasteiger partial charge < -0.3 is 9.22 Å². The Hall–Kier alpha value is -1.81. The van der Waals surface area contributed by atoms with Crippen LogP contribution in [0.25, 0.3) is 0 Å². The molecule has 0 amide bonds. The molecule has 0 radical (unpaired) electrons. The second-order valence-corrected chi connectivity index (χ2v) is 7.53. The predicted octanol–water partition coefficient (Wildman–Crippen LogP) is 2.01. The van der Waals surface area contributed by atoms with Gasteiger partial charge in [-0.15, -0.1) is 6.42 Å². The van der Waals surface area contributed by atoms with Crippen LogP contribution >= 0.6 is 0 Å². The van der Waals surface area contributed by atoms with Gasteiger partial charge in [-0.25, -0.2) is 8.42 Å². The number of methoxy groups -OCH3 is 1. The molecule has 0 aliphatic heterocycles. The van der Waals surface area contributed by atoms with Crippen LogP contribution in [0.15, 0.2) is 36.9 Å². The zero-order valence-electron chi connectivity index (χ0n) is 14.0. The third-order valence-corrected chi connectivity index (χ3v) is 4.26. The predicted molar refractivity (Wildman–Crippen MR) is 94.5 cm³/mol. The average Bonchev–Trinajstić information content (AvgIpc) is 2.43. The molecule has 0 bridgehead atoms. The molecule has 1 N–H and O–H groups in total. The average molecular weight is 337 g/mol. The second kappa shape index (κ2) is 8.16. The van der Waals surface area contributed by atoms with Gasteiger partial charge >= 0.3 is 0 Å². The number of ether oxygens (including phenoxy) is 1. The van der Waals surface area contributed by atoms with E-state index >= 15 is 0 Å². The normalized spacial score (nSPS) is 15.2. The molecule has 0 aliphatic rings. The van der Waals surface area contributed by atoms with E-state index in [9.17, 15) is 8.42 Å². The highest BCUT2D eigenvalue weighted by molar-refractivity contribution is 7.92. The molecule has 5 nitrogen and oxygen atoms in total. The van der Waals surface area contributed by atoms with Crippen molar-refractivity contribution in [1.29, 1.82) is 0 Å². The maximum absolute atomic E-state index is 11.4. The van der Waals surface area contributed by atoms with Crippen molar-refractivity contribution >= 4 is 15.7 Å². The first kappa shape index (κ1) is 19.2. The number of terminal acetylenes is 1. The summed E-state index contributed by atoms with van der Waals surface area (Å²) < 4.78 is 31.3. The van der Waals surface area contributed by atoms with Crippen molar-refractivity contribution in [3.63, 3.8) is 0 Å². The van der Waals surface area contributed by atoms with E-state index < -0.39 is 10.0 Å². The molecule has 2 atom stereocenters. The van der Waals surface area contributed by atoms with Crippen LogP contribution in [0.1, 0.15) is 11.6 Å². The quantitative estimate of drug-likeness (QED) is 0.426. The Kier molecular flexibility index (Phi) is 6.82. The fourth-order valence-corrected chi connectivity index (χ4v) is 3.18. The van der Waals surface area contributed by atoms with Crippen LogP contribution in [0.3, 0.4) is 0 Å². The summed E-state index contributed by atoms with van der Waals surface area (Å²) >= 11 is 0. The lowest BCUT2D eigenvalue weighted by molar-refractivity contribution is -0.928. The zero-order valence-corrected chi connectivity index (χ0v) is 14.8. The number of hydrogen-bond acceptors (Lipinski definition) is 3. The van der Waals surface area contributed by atoms with Crippen molar-refractivity contribution in [2.75, 3.05) is 44.8 Å². The number of hydrogen-bond donors (Lipinski definition) is 1. The summed E-state index contributed by atoms with van der Waals surface area (Å²) in [5, 5.41) is 0. The molecule has 6 heteroatoms. The van der Waals surface area contributed by atoms with Gasteiger partial charge in [0.25, 0.3) is 0 Å². The summed E-state index contributed by atoms with van der Waals surface area (Å²) in [6.07, 6.45) is 8.50. The molecule has 0 saturated carbocycles. The van der Waals surface area contributed by atoms with Gasteiger partial charge in [-0.1, -0.05) is 18.7 Å². The summed E-state index contributed by atoms with van der Waals surface area (Å²) in [6.45, 7) is 5.48. The van der Waals surface area contributed by atoms with Crippen molar-refractivity contribution in [2.45, 2.75) is 6.04 Å². The van der Waals surface area contributed by atoms with E-state index in [1.165, 1.54) is 0 Å². The number of benzene rings is 1. The fraction of sp³-hybridized carbons (Fsp3) is 0.412. The molecule has 1 aromatic carbocycles. The monoisotopic (exact) mass is 337 g/mol. The topological polar surface area (TPSA) is 55.4 Å². The molecule has 23 heavy (non-hydrogen) atoms. The number of likely N-dealkylation sites (N-methyl/N-ethyl adjacent to an activating group) is 1. The maximum Gasteiger partial charge on any atom is 0.229 e. The molecule has 0 aromatic heterocycles. The lowest BCUT2D eigenvalue weighted by Gasteiger charge is -2.39. The molecule has 1 rings (SSSR count). The van der Waals surface area contributed by atoms with E-state index in [0.29, 0.717) is 29.9 Å². The number of nitrogens with zero attached hydrogens (tertiary/aromatic N) is 1. The Morgan fingerprint density at radius 1 is 1.52 bits per heavy atom. The molecule has 0 fully saturated rings. The first-order valence-corrected chi connectivity index (χ1v) is 9.10. The molecule has 126 valence electrons. The highest BCUT2D eigenvalue weighted by Gasteiger charge is 2.32. The van der Waals surface area contributed by atoms with E-state index in [4.69, 9.17) is 11.2 Å². The highest BCUT2D eigenvalue weighted by Crippen LogP contribution is 2.29. The van der Waals surface area contributed by atoms with Gasteiger partial charge in [-0.2, -0.15) is 0 Å². The van der Waals surface area contributed by atoms with Crippen LogP contribution in [0.5, 0.6) is 0 Å². The van der Waals surface area contributed by atoms with E-state index in [0.717, 1.165) is 11.8 Å². The van der Waals surface area contributed by atoms with Crippen LogP contribution in [0, 0.1) is 12.3 Å². The van der Waals surface area contributed by atoms with Crippen molar-refractivity contribution < 1.29 is 17.6 Å². The molecular formula is C17H25N2O3S+. The van der Waals surface area contributed by atoms with Gasteiger partial charge in [0.05, 0.1) is 19.8 Å². The summed E-state index contributed by atoms with van der Waals surface area (Å²) in [5.74, 6) is 2.71. The molecule has 0 heterocycles. The van der Waals surface area contributed by atoms with Crippen LogP contribution in [-0.4, -0.2) is 53.0 Å². The smallest absolute Gasteiger partial charge is 0.229 e. The third kappa shape index (κ3) is 5.71. The van der Waals surface area contributed by atoms with Gasteiger partial charge in [-0.3, -0.25) is 4.72 Å². The molecule has 0 saturated heterocycles. The van der Waals surface area contributed by atoms with Crippen LogP contribution in [-0.2, 0) is 14.8 Å². The Bertz CT molecular complexity index is 679. The Morgan fingerprint density at radius 2 is 2.22 bits per heavy atom. The molecule has 0 spiro atoms. The summed E-state index contributed by atoms with van der Waals surface area (Å²) in [7, 11) is 0.359. The van der Waals surface area contributed by atoms with Crippen LogP contribution < -0.4 is 4.72 Å². The standard InChI is InChI=1S/C17H25N2O3S/c1-6-11-19(3,12-7-2)17(14-22-4)15-9-8-10-16(13-15)18-23(5,20)21/h1,7-10,13,17-18H,2,11-12,14H2,3-5H3/q+1. The maximum atomic E-state index is 11.4. The van der Waals surface area contributed by atoms with Crippen molar-refractivity contribution in [3.8, 4) is 12.3 Å². The van der Waals surface area contributed by atoms with Crippen molar-refractivity contribution in [3.05, 3.63) is 42.5 Å². The van der Waals surface area contributed by atoms with Crippen LogP contribution in [0.4, 0.5) is 5.69 Å². The molecular weight excluding hydrogens is 312 g/mol. The minimum Gasteiger partial charge on any atom is -0.378 e. The van der Waals surface area contributed by atoms with Crippen molar-refractivity contribution in [1.82, 2.24) is 0 Å². The number of sulfonamides is 1. The van der Waals surface area contributed by atoms with E-state index in [1.807, 2.05) is 31.3 Å². The van der Waals surface area contributed by atoms with Gasteiger partial charge in [0, 0.05) is 18.4 Å². The zero-order chi connectivity index (χ0) is 17.5. The number of rotatable bonds is 9.